The van der Waals surface area contributed by atoms with E-state index in [1.165, 1.54) is 30.3 Å². The number of rotatable bonds is 5. The number of benzene rings is 1. The zero-order valence-corrected chi connectivity index (χ0v) is 11.3. The maximum absolute atomic E-state index is 11.7. The number of carbonyl (C=O) groups is 2. The number of carboxylic acid groups (broad SMARTS) is 1. The SMILES string of the molecule is CC(C)COC(=O)/C(C#N)=C/c1ccc(C(=O)O)cc1. The Balaban J connectivity index is 2.86. The molecule has 0 atom stereocenters. The van der Waals surface area contributed by atoms with Crippen molar-refractivity contribution in [3.05, 3.63) is 41.0 Å². The van der Waals surface area contributed by atoms with Gasteiger partial charge in [0, 0.05) is 0 Å². The molecule has 1 N–H and O–H groups in total. The zero-order valence-electron chi connectivity index (χ0n) is 11.3. The number of hydrogen-bond acceptors (Lipinski definition) is 4. The Bertz CT molecular complexity index is 565. The van der Waals surface area contributed by atoms with Crippen LogP contribution in [-0.2, 0) is 9.53 Å². The topological polar surface area (TPSA) is 87.4 Å². The van der Waals surface area contributed by atoms with Crippen LogP contribution in [0.3, 0.4) is 0 Å². The number of hydrogen-bond donors (Lipinski definition) is 1. The van der Waals surface area contributed by atoms with Gasteiger partial charge in [-0.1, -0.05) is 26.0 Å². The normalized spacial score (nSPS) is 11.0. The lowest BCUT2D eigenvalue weighted by Crippen LogP contribution is -2.11. The van der Waals surface area contributed by atoms with E-state index in [0.717, 1.165) is 0 Å². The summed E-state index contributed by atoms with van der Waals surface area (Å²) in [6.45, 7) is 4.04. The molecule has 0 aromatic heterocycles. The van der Waals surface area contributed by atoms with Crippen molar-refractivity contribution in [1.29, 1.82) is 5.26 Å². The third-order valence-corrected chi connectivity index (χ3v) is 2.36. The van der Waals surface area contributed by atoms with Crippen LogP contribution in [0.5, 0.6) is 0 Å². The van der Waals surface area contributed by atoms with Crippen LogP contribution in [0.1, 0.15) is 29.8 Å². The average molecular weight is 273 g/mol. The summed E-state index contributed by atoms with van der Waals surface area (Å²) in [7, 11) is 0. The van der Waals surface area contributed by atoms with E-state index < -0.39 is 11.9 Å². The molecule has 0 aliphatic heterocycles. The lowest BCUT2D eigenvalue weighted by molar-refractivity contribution is -0.139. The number of nitriles is 1. The van der Waals surface area contributed by atoms with Gasteiger partial charge in [0.05, 0.1) is 12.2 Å². The number of nitrogens with zero attached hydrogens (tertiary/aromatic N) is 1. The van der Waals surface area contributed by atoms with Crippen LogP contribution in [0.4, 0.5) is 0 Å². The number of aromatic carboxylic acids is 1. The summed E-state index contributed by atoms with van der Waals surface area (Å²) in [5.74, 6) is -1.52. The van der Waals surface area contributed by atoms with E-state index in [1.54, 1.807) is 6.07 Å². The summed E-state index contributed by atoms with van der Waals surface area (Å²) in [4.78, 5) is 22.4. The van der Waals surface area contributed by atoms with Gasteiger partial charge in [0.15, 0.2) is 0 Å². The highest BCUT2D eigenvalue weighted by atomic mass is 16.5. The summed E-state index contributed by atoms with van der Waals surface area (Å²) >= 11 is 0. The molecule has 1 rings (SSSR count). The summed E-state index contributed by atoms with van der Waals surface area (Å²) in [5.41, 5.74) is 0.588. The van der Waals surface area contributed by atoms with Crippen molar-refractivity contribution in [2.45, 2.75) is 13.8 Å². The van der Waals surface area contributed by atoms with Gasteiger partial charge in [-0.3, -0.25) is 0 Å². The van der Waals surface area contributed by atoms with E-state index in [2.05, 4.69) is 0 Å². The second-order valence-corrected chi connectivity index (χ2v) is 4.59. The fourth-order valence-corrected chi connectivity index (χ4v) is 1.35. The first kappa shape index (κ1) is 15.4. The van der Waals surface area contributed by atoms with Gasteiger partial charge in [-0.15, -0.1) is 0 Å². The molecule has 5 nitrogen and oxygen atoms in total. The maximum atomic E-state index is 11.7. The second kappa shape index (κ2) is 7.10. The molecular weight excluding hydrogens is 258 g/mol. The van der Waals surface area contributed by atoms with E-state index in [4.69, 9.17) is 15.1 Å². The largest absolute Gasteiger partial charge is 0.478 e. The van der Waals surface area contributed by atoms with E-state index in [1.807, 2.05) is 13.8 Å². The van der Waals surface area contributed by atoms with E-state index in [0.29, 0.717) is 5.56 Å². The zero-order chi connectivity index (χ0) is 15.1. The maximum Gasteiger partial charge on any atom is 0.348 e. The minimum atomic E-state index is -1.03. The quantitative estimate of drug-likeness (QED) is 0.506. The van der Waals surface area contributed by atoms with Crippen molar-refractivity contribution >= 4 is 18.0 Å². The van der Waals surface area contributed by atoms with Gasteiger partial charge in [0.1, 0.15) is 11.6 Å². The molecule has 1 aromatic rings. The lowest BCUT2D eigenvalue weighted by atomic mass is 10.1. The first-order chi connectivity index (χ1) is 9.43. The summed E-state index contributed by atoms with van der Waals surface area (Å²) < 4.78 is 4.97. The van der Waals surface area contributed by atoms with Crippen molar-refractivity contribution in [2.75, 3.05) is 6.61 Å². The standard InChI is InChI=1S/C15H15NO4/c1-10(2)9-20-15(19)13(8-16)7-11-3-5-12(6-4-11)14(17)18/h3-7,10H,9H2,1-2H3,(H,17,18)/b13-7+. The van der Waals surface area contributed by atoms with Crippen molar-refractivity contribution in [3.8, 4) is 6.07 Å². The van der Waals surface area contributed by atoms with Crippen molar-refractivity contribution in [3.63, 3.8) is 0 Å². The van der Waals surface area contributed by atoms with Crippen LogP contribution in [-0.4, -0.2) is 23.7 Å². The minimum Gasteiger partial charge on any atom is -0.478 e. The minimum absolute atomic E-state index is 0.117. The molecule has 0 spiro atoms. The Morgan fingerprint density at radius 2 is 1.95 bits per heavy atom. The van der Waals surface area contributed by atoms with Gasteiger partial charge >= 0.3 is 11.9 Å². The van der Waals surface area contributed by atoms with Crippen LogP contribution in [0, 0.1) is 17.2 Å². The molecule has 0 aliphatic carbocycles. The number of esters is 1. The monoisotopic (exact) mass is 273 g/mol. The van der Waals surface area contributed by atoms with E-state index in [9.17, 15) is 9.59 Å². The van der Waals surface area contributed by atoms with Crippen molar-refractivity contribution < 1.29 is 19.4 Å². The van der Waals surface area contributed by atoms with Crippen LogP contribution < -0.4 is 0 Å². The van der Waals surface area contributed by atoms with Gasteiger partial charge < -0.3 is 9.84 Å². The molecule has 0 saturated carbocycles. The first-order valence-electron chi connectivity index (χ1n) is 6.06. The van der Waals surface area contributed by atoms with Gasteiger partial charge in [-0.25, -0.2) is 9.59 Å². The molecule has 0 bridgehead atoms. The number of carbonyl (C=O) groups excluding carboxylic acids is 1. The molecule has 104 valence electrons. The third-order valence-electron chi connectivity index (χ3n) is 2.36. The molecule has 0 fully saturated rings. The molecule has 5 heteroatoms. The predicted molar refractivity (Wildman–Crippen MR) is 72.8 cm³/mol. The van der Waals surface area contributed by atoms with Crippen molar-refractivity contribution in [2.24, 2.45) is 5.92 Å². The molecular formula is C15H15NO4. The highest BCUT2D eigenvalue weighted by Gasteiger charge is 2.11. The van der Waals surface area contributed by atoms with Gasteiger partial charge in [0.25, 0.3) is 0 Å². The van der Waals surface area contributed by atoms with Gasteiger partial charge in [0.2, 0.25) is 0 Å². The second-order valence-electron chi connectivity index (χ2n) is 4.59. The lowest BCUT2D eigenvalue weighted by Gasteiger charge is -2.06. The van der Waals surface area contributed by atoms with Gasteiger partial charge in [-0.05, 0) is 29.7 Å². The summed E-state index contributed by atoms with van der Waals surface area (Å²) in [6, 6.07) is 7.64. The summed E-state index contributed by atoms with van der Waals surface area (Å²) in [6.07, 6.45) is 1.37. The number of carboxylic acids is 1. The van der Waals surface area contributed by atoms with Crippen LogP contribution in [0.15, 0.2) is 29.8 Å². The first-order valence-corrected chi connectivity index (χ1v) is 6.06. The van der Waals surface area contributed by atoms with Crippen molar-refractivity contribution in [1.82, 2.24) is 0 Å². The van der Waals surface area contributed by atoms with Gasteiger partial charge in [-0.2, -0.15) is 5.26 Å². The molecule has 0 heterocycles. The van der Waals surface area contributed by atoms with Crippen LogP contribution in [0.25, 0.3) is 6.08 Å². The summed E-state index contributed by atoms with van der Waals surface area (Å²) in [5, 5.41) is 17.7. The Hall–Kier alpha value is -2.61. The molecule has 0 saturated heterocycles. The predicted octanol–water partition coefficient (Wildman–Crippen LogP) is 2.49. The number of ether oxygens (including phenoxy) is 1. The average Bonchev–Trinajstić information content (AvgIpc) is 2.42. The third kappa shape index (κ3) is 4.58. The van der Waals surface area contributed by atoms with E-state index >= 15 is 0 Å². The molecule has 0 amide bonds. The highest BCUT2D eigenvalue weighted by Crippen LogP contribution is 2.10. The van der Waals surface area contributed by atoms with E-state index in [-0.39, 0.29) is 23.7 Å². The molecule has 0 radical (unpaired) electrons. The highest BCUT2D eigenvalue weighted by molar-refractivity contribution is 5.98. The Labute approximate surface area is 117 Å². The Kier molecular flexibility index (Phi) is 5.48. The van der Waals surface area contributed by atoms with Crippen LogP contribution >= 0.6 is 0 Å². The fraction of sp³-hybridized carbons (Fsp3) is 0.267. The molecule has 0 aliphatic rings. The molecule has 0 unspecified atom stereocenters. The smallest absolute Gasteiger partial charge is 0.348 e. The van der Waals surface area contributed by atoms with Crippen LogP contribution in [0.2, 0.25) is 0 Å². The molecule has 20 heavy (non-hydrogen) atoms. The molecule has 1 aromatic carbocycles. The Morgan fingerprint density at radius 3 is 2.40 bits per heavy atom. The fourth-order valence-electron chi connectivity index (χ4n) is 1.35. The Morgan fingerprint density at radius 1 is 1.35 bits per heavy atom.